The standard InChI is InChI=1S/C22H35P.C7H10.2C2H6.C2H4/c1-10-20-21(7,8)22(20,9)18(6)14-13-15-19(16-17(4)5)23(11-2)12-3;1-6-3-4-7(2)5-6;3*1-2/h10,13,15-16H,4,6,11-12,14H2,1-3,5,7-9H3;3-6H,1-2H3;2*1-2H3;1-2H2/b15-13-,19-16+,20-10+;;;;. The van der Waals surface area contributed by atoms with Crippen LogP contribution in [0.4, 0.5) is 0 Å². The first-order chi connectivity index (χ1) is 16.9. The average molecular weight is 513 g/mol. The fourth-order valence-corrected chi connectivity index (χ4v) is 6.50. The van der Waals surface area contributed by atoms with E-state index >= 15 is 0 Å². The van der Waals surface area contributed by atoms with Crippen molar-refractivity contribution in [1.29, 1.82) is 0 Å². The molecule has 0 radical (unpaired) electrons. The topological polar surface area (TPSA) is 0 Å². The molecule has 2 unspecified atom stereocenters. The van der Waals surface area contributed by atoms with E-state index in [4.69, 9.17) is 0 Å². The second-order valence-electron chi connectivity index (χ2n) is 9.38. The molecule has 0 N–H and O–H groups in total. The van der Waals surface area contributed by atoms with Crippen molar-refractivity contribution >= 4 is 7.92 Å². The van der Waals surface area contributed by atoms with Gasteiger partial charge in [-0.05, 0) is 56.2 Å². The highest BCUT2D eigenvalue weighted by Gasteiger charge is 2.63. The summed E-state index contributed by atoms with van der Waals surface area (Å²) in [5, 5.41) is 1.47. The van der Waals surface area contributed by atoms with Gasteiger partial charge in [0.25, 0.3) is 0 Å². The normalized spacial score (nSPS) is 22.2. The molecular weight excluding hydrogens is 451 g/mol. The summed E-state index contributed by atoms with van der Waals surface area (Å²) in [6, 6.07) is 0. The maximum absolute atomic E-state index is 4.40. The van der Waals surface area contributed by atoms with Gasteiger partial charge in [-0.25, -0.2) is 0 Å². The van der Waals surface area contributed by atoms with Crippen molar-refractivity contribution in [3.8, 4) is 0 Å². The van der Waals surface area contributed by atoms with Crippen LogP contribution in [0, 0.1) is 16.7 Å². The van der Waals surface area contributed by atoms with Crippen molar-refractivity contribution in [2.24, 2.45) is 16.7 Å². The average Bonchev–Trinajstić information content (AvgIpc) is 3.07. The number of hydrogen-bond acceptors (Lipinski definition) is 0. The summed E-state index contributed by atoms with van der Waals surface area (Å²) in [7, 11) is -0.0540. The molecule has 0 heterocycles. The lowest BCUT2D eigenvalue weighted by Crippen LogP contribution is -2.06. The van der Waals surface area contributed by atoms with Crippen molar-refractivity contribution in [2.45, 2.75) is 96.4 Å². The van der Waals surface area contributed by atoms with Crippen LogP contribution in [0.15, 0.2) is 96.5 Å². The third kappa shape index (κ3) is 11.6. The van der Waals surface area contributed by atoms with Gasteiger partial charge in [0, 0.05) is 5.41 Å². The first-order valence-corrected chi connectivity index (χ1v) is 15.7. The molecule has 0 amide bonds. The summed E-state index contributed by atoms with van der Waals surface area (Å²) < 4.78 is 0. The molecule has 2 atom stereocenters. The summed E-state index contributed by atoms with van der Waals surface area (Å²) in [4.78, 5) is 0. The maximum atomic E-state index is 4.40. The van der Waals surface area contributed by atoms with Gasteiger partial charge in [-0.3, -0.25) is 0 Å². The Morgan fingerprint density at radius 3 is 1.81 bits per heavy atom. The molecule has 36 heavy (non-hydrogen) atoms. The van der Waals surface area contributed by atoms with Crippen molar-refractivity contribution in [1.82, 2.24) is 0 Å². The van der Waals surface area contributed by atoms with Gasteiger partial charge in [0.2, 0.25) is 0 Å². The Balaban J connectivity index is -0.000000693. The number of hydrogen-bond donors (Lipinski definition) is 0. The molecule has 0 aliphatic heterocycles. The quantitative estimate of drug-likeness (QED) is 0.172. The minimum Gasteiger partial charge on any atom is -0.106 e. The largest absolute Gasteiger partial charge is 0.106 e. The lowest BCUT2D eigenvalue weighted by molar-refractivity contribution is 0.475. The first kappa shape index (κ1) is 38.9. The molecule has 0 nitrogen and oxygen atoms in total. The van der Waals surface area contributed by atoms with Gasteiger partial charge in [-0.2, -0.15) is 0 Å². The molecule has 0 aromatic rings. The van der Waals surface area contributed by atoms with Crippen LogP contribution in [0.2, 0.25) is 0 Å². The van der Waals surface area contributed by atoms with E-state index in [2.05, 4.69) is 131 Å². The van der Waals surface area contributed by atoms with E-state index in [0.29, 0.717) is 5.92 Å². The highest BCUT2D eigenvalue weighted by atomic mass is 31.1. The zero-order chi connectivity index (χ0) is 29.1. The first-order valence-electron chi connectivity index (χ1n) is 14.0. The Kier molecular flexibility index (Phi) is 22.0. The van der Waals surface area contributed by atoms with Gasteiger partial charge in [0.05, 0.1) is 0 Å². The molecule has 0 spiro atoms. The Hall–Kier alpha value is -1.65. The maximum Gasteiger partial charge on any atom is 0.0187 e. The zero-order valence-corrected chi connectivity index (χ0v) is 27.4. The van der Waals surface area contributed by atoms with Crippen LogP contribution in [0.3, 0.4) is 0 Å². The molecule has 0 bridgehead atoms. The third-order valence-corrected chi connectivity index (χ3v) is 9.29. The SMILES string of the molecule is C=C.C=C(C)/C=C(\C=C/CC(=C)C1(C)/C(=C/C)C1(C)C)P(CC)CC.CC.CC.CC1=CC(C)C=C1. The van der Waals surface area contributed by atoms with Gasteiger partial charge in [-0.15, -0.1) is 13.2 Å². The van der Waals surface area contributed by atoms with E-state index in [1.54, 1.807) is 0 Å². The smallest absolute Gasteiger partial charge is 0.0187 e. The van der Waals surface area contributed by atoms with E-state index in [1.807, 2.05) is 27.7 Å². The van der Waals surface area contributed by atoms with Gasteiger partial charge in [-0.1, -0.05) is 155 Å². The molecule has 2 aliphatic rings. The molecule has 0 saturated heterocycles. The minimum absolute atomic E-state index is 0.0540. The number of rotatable bonds is 8. The highest BCUT2D eigenvalue weighted by Crippen LogP contribution is 2.72. The molecule has 1 saturated carbocycles. The monoisotopic (exact) mass is 512 g/mol. The van der Waals surface area contributed by atoms with Gasteiger partial charge >= 0.3 is 0 Å². The lowest BCUT2D eigenvalue weighted by atomic mass is 9.88. The van der Waals surface area contributed by atoms with Crippen molar-refractivity contribution < 1.29 is 0 Å². The molecule has 206 valence electrons. The second kappa shape index (κ2) is 20.4. The Morgan fingerprint density at radius 1 is 1.03 bits per heavy atom. The molecular formula is C35H61P. The van der Waals surface area contributed by atoms with E-state index in [9.17, 15) is 0 Å². The van der Waals surface area contributed by atoms with E-state index < -0.39 is 0 Å². The predicted molar refractivity (Wildman–Crippen MR) is 175 cm³/mol. The van der Waals surface area contributed by atoms with Crippen LogP contribution >= 0.6 is 7.92 Å². The van der Waals surface area contributed by atoms with Crippen molar-refractivity contribution in [3.05, 3.63) is 96.5 Å². The van der Waals surface area contributed by atoms with Crippen LogP contribution in [0.1, 0.15) is 96.4 Å². The Morgan fingerprint density at radius 2 is 1.53 bits per heavy atom. The van der Waals surface area contributed by atoms with Gasteiger partial charge < -0.3 is 0 Å². The molecule has 0 aromatic carbocycles. The van der Waals surface area contributed by atoms with Crippen LogP contribution in [-0.4, -0.2) is 12.3 Å². The van der Waals surface area contributed by atoms with Gasteiger partial charge in [0.1, 0.15) is 0 Å². The number of allylic oxidation sites excluding steroid dienone is 12. The fourth-order valence-electron chi connectivity index (χ4n) is 4.61. The van der Waals surface area contributed by atoms with Crippen LogP contribution in [0.5, 0.6) is 0 Å². The van der Waals surface area contributed by atoms with Crippen LogP contribution in [0.25, 0.3) is 0 Å². The van der Waals surface area contributed by atoms with E-state index in [-0.39, 0.29) is 18.8 Å². The van der Waals surface area contributed by atoms with E-state index in [1.165, 1.54) is 34.4 Å². The fraction of sp³-hybridized carbons (Fsp3) is 0.543. The molecule has 1 fully saturated rings. The van der Waals surface area contributed by atoms with Crippen LogP contribution in [-0.2, 0) is 0 Å². The van der Waals surface area contributed by atoms with E-state index in [0.717, 1.165) is 12.0 Å². The molecule has 1 heteroatoms. The zero-order valence-electron chi connectivity index (χ0n) is 26.5. The summed E-state index contributed by atoms with van der Waals surface area (Å²) in [5.41, 5.74) is 5.84. The summed E-state index contributed by atoms with van der Waals surface area (Å²) in [5.74, 6) is 0.681. The van der Waals surface area contributed by atoms with Gasteiger partial charge in [0.15, 0.2) is 0 Å². The Bertz CT molecular complexity index is 792. The summed E-state index contributed by atoms with van der Waals surface area (Å²) in [6.45, 7) is 42.6. The predicted octanol–water partition coefficient (Wildman–Crippen LogP) is 12.5. The highest BCUT2D eigenvalue weighted by molar-refractivity contribution is 7.62. The summed E-state index contributed by atoms with van der Waals surface area (Å²) in [6.07, 6.45) is 19.2. The molecule has 2 aliphatic carbocycles. The second-order valence-corrected chi connectivity index (χ2v) is 12.2. The van der Waals surface area contributed by atoms with Crippen molar-refractivity contribution in [2.75, 3.05) is 12.3 Å². The van der Waals surface area contributed by atoms with Crippen molar-refractivity contribution in [3.63, 3.8) is 0 Å². The third-order valence-electron chi connectivity index (χ3n) is 6.76. The van der Waals surface area contributed by atoms with Crippen LogP contribution < -0.4 is 0 Å². The molecule has 0 aromatic heterocycles. The lowest BCUT2D eigenvalue weighted by Gasteiger charge is -2.17. The molecule has 2 rings (SSSR count). The Labute approximate surface area is 229 Å². The summed E-state index contributed by atoms with van der Waals surface area (Å²) >= 11 is 0. The minimum atomic E-state index is -0.0540.